The molecule has 3 heteroatoms. The van der Waals surface area contributed by atoms with Crippen LogP contribution in [0.1, 0.15) is 65.2 Å². The lowest BCUT2D eigenvalue weighted by atomic mass is 9.81. The number of rotatable bonds is 7. The van der Waals surface area contributed by atoms with E-state index in [-0.39, 0.29) is 11.9 Å². The number of nitrogens with two attached hydrogens (primary N) is 1. The molecule has 1 rings (SSSR count). The minimum Gasteiger partial charge on any atom is -0.355 e. The van der Waals surface area contributed by atoms with Gasteiger partial charge in [0.15, 0.2) is 0 Å². The molecule has 1 aliphatic rings. The van der Waals surface area contributed by atoms with Crippen molar-refractivity contribution in [3.05, 3.63) is 0 Å². The first-order valence-electron chi connectivity index (χ1n) is 7.66. The maximum Gasteiger partial charge on any atom is 0.236 e. The summed E-state index contributed by atoms with van der Waals surface area (Å²) < 4.78 is 0. The van der Waals surface area contributed by atoms with Gasteiger partial charge in [0.25, 0.3) is 0 Å². The van der Waals surface area contributed by atoms with Crippen molar-refractivity contribution < 1.29 is 4.79 Å². The normalized spacial score (nSPS) is 25.7. The van der Waals surface area contributed by atoms with E-state index < -0.39 is 0 Å². The van der Waals surface area contributed by atoms with Gasteiger partial charge in [-0.2, -0.15) is 0 Å². The minimum atomic E-state index is -0.310. The molecule has 0 aromatic rings. The Kier molecular flexibility index (Phi) is 7.33. The lowest BCUT2D eigenvalue weighted by Gasteiger charge is -2.26. The number of carbonyl (C=O) groups is 1. The van der Waals surface area contributed by atoms with E-state index in [0.29, 0.717) is 0 Å². The predicted octanol–water partition coefficient (Wildman–Crippen LogP) is 2.84. The molecular formula is C15H30N2O. The van der Waals surface area contributed by atoms with Crippen molar-refractivity contribution in [2.45, 2.75) is 71.3 Å². The predicted molar refractivity (Wildman–Crippen MR) is 76.2 cm³/mol. The molecule has 0 aromatic carbocycles. The van der Waals surface area contributed by atoms with Crippen molar-refractivity contribution in [3.63, 3.8) is 0 Å². The van der Waals surface area contributed by atoms with E-state index in [9.17, 15) is 4.79 Å². The molecule has 3 N–H and O–H groups in total. The van der Waals surface area contributed by atoms with Crippen molar-refractivity contribution in [1.82, 2.24) is 5.32 Å². The zero-order valence-electron chi connectivity index (χ0n) is 12.1. The van der Waals surface area contributed by atoms with Crippen LogP contribution in [0.2, 0.25) is 0 Å². The fraction of sp³-hybridized carbons (Fsp3) is 0.933. The second-order valence-electron chi connectivity index (χ2n) is 5.97. The van der Waals surface area contributed by atoms with Gasteiger partial charge in [-0.3, -0.25) is 4.79 Å². The summed E-state index contributed by atoms with van der Waals surface area (Å²) in [6.07, 6.45) is 9.47. The molecule has 0 spiro atoms. The first kappa shape index (κ1) is 15.5. The lowest BCUT2D eigenvalue weighted by molar-refractivity contribution is -0.122. The van der Waals surface area contributed by atoms with Crippen LogP contribution in [0.25, 0.3) is 0 Å². The third-order valence-corrected chi connectivity index (χ3v) is 4.10. The Morgan fingerprint density at radius 3 is 2.89 bits per heavy atom. The molecule has 1 aliphatic carbocycles. The van der Waals surface area contributed by atoms with E-state index >= 15 is 0 Å². The summed E-state index contributed by atoms with van der Waals surface area (Å²) in [5.74, 6) is 1.71. The first-order valence-corrected chi connectivity index (χ1v) is 7.66. The Balaban J connectivity index is 2.11. The monoisotopic (exact) mass is 254 g/mol. The molecule has 18 heavy (non-hydrogen) atoms. The highest BCUT2D eigenvalue weighted by Gasteiger charge is 2.19. The van der Waals surface area contributed by atoms with Gasteiger partial charge in [0.2, 0.25) is 5.91 Å². The van der Waals surface area contributed by atoms with Crippen LogP contribution in [0.15, 0.2) is 0 Å². The smallest absolute Gasteiger partial charge is 0.236 e. The number of carbonyl (C=O) groups excluding carboxylic acids is 1. The largest absolute Gasteiger partial charge is 0.355 e. The van der Waals surface area contributed by atoms with E-state index in [2.05, 4.69) is 19.2 Å². The quantitative estimate of drug-likeness (QED) is 0.734. The van der Waals surface area contributed by atoms with Gasteiger partial charge in [0.1, 0.15) is 0 Å². The summed E-state index contributed by atoms with van der Waals surface area (Å²) in [5.41, 5.74) is 5.83. The van der Waals surface area contributed by atoms with Crippen LogP contribution < -0.4 is 11.1 Å². The van der Waals surface area contributed by atoms with Crippen LogP contribution in [0.5, 0.6) is 0 Å². The van der Waals surface area contributed by atoms with Crippen LogP contribution >= 0.6 is 0 Å². The molecule has 106 valence electrons. The molecule has 0 radical (unpaired) electrons. The number of unbranched alkanes of at least 4 members (excludes halogenated alkanes) is 1. The van der Waals surface area contributed by atoms with Crippen molar-refractivity contribution in [3.8, 4) is 0 Å². The molecule has 3 nitrogen and oxygen atoms in total. The van der Waals surface area contributed by atoms with Gasteiger partial charge in [0.05, 0.1) is 6.04 Å². The van der Waals surface area contributed by atoms with Crippen LogP contribution in [0.4, 0.5) is 0 Å². The lowest BCUT2D eigenvalue weighted by Crippen LogP contribution is -2.41. The van der Waals surface area contributed by atoms with Gasteiger partial charge in [0, 0.05) is 6.54 Å². The van der Waals surface area contributed by atoms with E-state index in [1.807, 2.05) is 0 Å². The van der Waals surface area contributed by atoms with Gasteiger partial charge in [-0.05, 0) is 31.1 Å². The van der Waals surface area contributed by atoms with E-state index in [4.69, 9.17) is 5.73 Å². The molecule has 0 bridgehead atoms. The highest BCUT2D eigenvalue weighted by molar-refractivity contribution is 5.81. The van der Waals surface area contributed by atoms with Gasteiger partial charge in [-0.15, -0.1) is 0 Å². The molecule has 0 aliphatic heterocycles. The average molecular weight is 254 g/mol. The Morgan fingerprint density at radius 1 is 1.44 bits per heavy atom. The molecule has 0 heterocycles. The Hall–Kier alpha value is -0.570. The van der Waals surface area contributed by atoms with E-state index in [1.165, 1.54) is 25.7 Å². The Labute approximate surface area is 112 Å². The van der Waals surface area contributed by atoms with Crippen molar-refractivity contribution in [2.75, 3.05) is 6.54 Å². The molecular weight excluding hydrogens is 224 g/mol. The van der Waals surface area contributed by atoms with Crippen LogP contribution in [0.3, 0.4) is 0 Å². The summed E-state index contributed by atoms with van der Waals surface area (Å²) in [6, 6.07) is -0.310. The standard InChI is InChI=1S/C15H30N2O/c1-3-4-8-14(16)15(18)17-10-9-13-7-5-6-12(2)11-13/h12-14H,3-11,16H2,1-2H3,(H,17,18). The summed E-state index contributed by atoms with van der Waals surface area (Å²) in [5, 5.41) is 2.99. The summed E-state index contributed by atoms with van der Waals surface area (Å²) >= 11 is 0. The van der Waals surface area contributed by atoms with Crippen LogP contribution in [-0.2, 0) is 4.79 Å². The topological polar surface area (TPSA) is 55.1 Å². The fourth-order valence-corrected chi connectivity index (χ4v) is 2.91. The number of amides is 1. The van der Waals surface area contributed by atoms with E-state index in [1.54, 1.807) is 0 Å². The zero-order chi connectivity index (χ0) is 13.4. The summed E-state index contributed by atoms with van der Waals surface area (Å²) in [4.78, 5) is 11.7. The average Bonchev–Trinajstić information content (AvgIpc) is 2.35. The summed E-state index contributed by atoms with van der Waals surface area (Å²) in [6.45, 7) is 5.26. The maximum absolute atomic E-state index is 11.7. The van der Waals surface area contributed by atoms with Gasteiger partial charge in [-0.25, -0.2) is 0 Å². The molecule has 3 atom stereocenters. The Morgan fingerprint density at radius 2 is 2.22 bits per heavy atom. The minimum absolute atomic E-state index is 0.0345. The fourth-order valence-electron chi connectivity index (χ4n) is 2.91. The molecule has 0 aromatic heterocycles. The van der Waals surface area contributed by atoms with Crippen LogP contribution in [-0.4, -0.2) is 18.5 Å². The van der Waals surface area contributed by atoms with Crippen molar-refractivity contribution in [2.24, 2.45) is 17.6 Å². The third-order valence-electron chi connectivity index (χ3n) is 4.10. The SMILES string of the molecule is CCCCC(N)C(=O)NCCC1CCCC(C)C1. The van der Waals surface area contributed by atoms with Gasteiger partial charge >= 0.3 is 0 Å². The number of hydrogen-bond donors (Lipinski definition) is 2. The molecule has 0 saturated heterocycles. The molecule has 1 amide bonds. The third kappa shape index (κ3) is 5.85. The van der Waals surface area contributed by atoms with Crippen molar-refractivity contribution in [1.29, 1.82) is 0 Å². The maximum atomic E-state index is 11.7. The second-order valence-corrected chi connectivity index (χ2v) is 5.97. The number of nitrogens with one attached hydrogen (secondary N) is 1. The highest BCUT2D eigenvalue weighted by Crippen LogP contribution is 2.30. The molecule has 1 fully saturated rings. The molecule has 1 saturated carbocycles. The van der Waals surface area contributed by atoms with Crippen LogP contribution in [0, 0.1) is 11.8 Å². The first-order chi connectivity index (χ1) is 8.63. The van der Waals surface area contributed by atoms with Gasteiger partial charge in [-0.1, -0.05) is 46.0 Å². The highest BCUT2D eigenvalue weighted by atomic mass is 16.2. The number of hydrogen-bond acceptors (Lipinski definition) is 2. The zero-order valence-corrected chi connectivity index (χ0v) is 12.1. The summed E-state index contributed by atoms with van der Waals surface area (Å²) in [7, 11) is 0. The van der Waals surface area contributed by atoms with E-state index in [0.717, 1.165) is 44.1 Å². The van der Waals surface area contributed by atoms with Gasteiger partial charge < -0.3 is 11.1 Å². The second kappa shape index (κ2) is 8.52. The Bertz CT molecular complexity index is 243. The van der Waals surface area contributed by atoms with Crippen molar-refractivity contribution >= 4 is 5.91 Å². The molecule has 3 unspecified atom stereocenters.